The van der Waals surface area contributed by atoms with Crippen molar-refractivity contribution < 1.29 is 14.4 Å². The van der Waals surface area contributed by atoms with Crippen LogP contribution in [0.1, 0.15) is 34.6 Å². The molecule has 0 saturated carbocycles. The van der Waals surface area contributed by atoms with Crippen LogP contribution in [-0.2, 0) is 4.79 Å². The zero-order valence-corrected chi connectivity index (χ0v) is 8.03. The second-order valence-electron chi connectivity index (χ2n) is 2.99. The molecule has 0 heterocycles. The van der Waals surface area contributed by atoms with Crippen LogP contribution >= 0.6 is 0 Å². The highest BCUT2D eigenvalue weighted by Crippen LogP contribution is 2.10. The smallest absolute Gasteiger partial charge is 0.228 e. The van der Waals surface area contributed by atoms with E-state index in [1.165, 1.54) is 19.9 Å². The molecule has 0 radical (unpaired) electrons. The summed E-state index contributed by atoms with van der Waals surface area (Å²) in [6.45, 7) is 2.56. The summed E-state index contributed by atoms with van der Waals surface area (Å²) in [6.07, 6.45) is 0. The maximum atomic E-state index is 11.4. The molecule has 0 amide bonds. The van der Waals surface area contributed by atoms with E-state index in [1.807, 2.05) is 0 Å². The number of Topliss-reactive ketones (excluding diaryl/α,β-unsaturated/α-hetero) is 3. The molecule has 0 spiro atoms. The van der Waals surface area contributed by atoms with Crippen LogP contribution in [0.5, 0.6) is 0 Å². The Kier molecular flexibility index (Phi) is 2.92. The van der Waals surface area contributed by atoms with Crippen LogP contribution in [0.2, 0.25) is 0 Å². The van der Waals surface area contributed by atoms with Crippen molar-refractivity contribution in [3.8, 4) is 0 Å². The van der Waals surface area contributed by atoms with Gasteiger partial charge in [-0.25, -0.2) is 0 Å². The Hall–Kier alpha value is -1.77. The molecule has 3 heteroatoms. The Morgan fingerprint density at radius 1 is 0.929 bits per heavy atom. The molecular formula is C11H10O3. The van der Waals surface area contributed by atoms with Gasteiger partial charge in [0.2, 0.25) is 5.78 Å². The van der Waals surface area contributed by atoms with Crippen LogP contribution in [0.25, 0.3) is 0 Å². The summed E-state index contributed by atoms with van der Waals surface area (Å²) < 4.78 is 0. The third-order valence-electron chi connectivity index (χ3n) is 1.87. The van der Waals surface area contributed by atoms with Crippen molar-refractivity contribution in [2.75, 3.05) is 0 Å². The summed E-state index contributed by atoms with van der Waals surface area (Å²) >= 11 is 0. The predicted octanol–water partition coefficient (Wildman–Crippen LogP) is 1.66. The molecule has 0 aliphatic rings. The predicted molar refractivity (Wildman–Crippen MR) is 51.5 cm³/mol. The highest BCUT2D eigenvalue weighted by atomic mass is 16.2. The van der Waals surface area contributed by atoms with Gasteiger partial charge in [0, 0.05) is 18.1 Å². The molecule has 0 bridgehead atoms. The molecule has 0 unspecified atom stereocenters. The largest absolute Gasteiger partial charge is 0.294 e. The number of hydrogen-bond donors (Lipinski definition) is 0. The first-order valence-corrected chi connectivity index (χ1v) is 4.19. The zero-order valence-electron chi connectivity index (χ0n) is 8.03. The van der Waals surface area contributed by atoms with Crippen LogP contribution in [0.15, 0.2) is 24.3 Å². The molecule has 0 aliphatic heterocycles. The molecule has 1 rings (SSSR count). The number of rotatable bonds is 3. The number of carbonyl (C=O) groups is 3. The summed E-state index contributed by atoms with van der Waals surface area (Å²) in [4.78, 5) is 33.4. The molecular weight excluding hydrogens is 180 g/mol. The quantitative estimate of drug-likeness (QED) is 0.538. The fourth-order valence-electron chi connectivity index (χ4n) is 1.18. The van der Waals surface area contributed by atoms with Gasteiger partial charge in [-0.1, -0.05) is 24.3 Å². The number of benzene rings is 1. The van der Waals surface area contributed by atoms with E-state index in [1.54, 1.807) is 18.2 Å². The van der Waals surface area contributed by atoms with Gasteiger partial charge in [-0.3, -0.25) is 14.4 Å². The highest BCUT2D eigenvalue weighted by molar-refractivity contribution is 6.44. The second-order valence-corrected chi connectivity index (χ2v) is 2.99. The van der Waals surface area contributed by atoms with Crippen molar-refractivity contribution in [2.24, 2.45) is 0 Å². The van der Waals surface area contributed by atoms with E-state index in [0.29, 0.717) is 5.56 Å². The minimum absolute atomic E-state index is 0.188. The first-order valence-electron chi connectivity index (χ1n) is 4.19. The Balaban J connectivity index is 3.27. The SMILES string of the molecule is CC(=O)C(=O)c1ccccc1C(C)=O. The monoisotopic (exact) mass is 190 g/mol. The summed E-state index contributed by atoms with van der Waals surface area (Å²) in [5, 5.41) is 0. The van der Waals surface area contributed by atoms with Gasteiger partial charge in [-0.05, 0) is 6.92 Å². The molecule has 14 heavy (non-hydrogen) atoms. The molecule has 0 saturated heterocycles. The van der Waals surface area contributed by atoms with Crippen molar-refractivity contribution in [1.82, 2.24) is 0 Å². The van der Waals surface area contributed by atoms with Crippen molar-refractivity contribution in [1.29, 1.82) is 0 Å². The van der Waals surface area contributed by atoms with E-state index in [9.17, 15) is 14.4 Å². The van der Waals surface area contributed by atoms with Gasteiger partial charge < -0.3 is 0 Å². The second kappa shape index (κ2) is 3.96. The van der Waals surface area contributed by atoms with Gasteiger partial charge >= 0.3 is 0 Å². The molecule has 3 nitrogen and oxygen atoms in total. The first-order chi connectivity index (χ1) is 6.54. The fraction of sp³-hybridized carbons (Fsp3) is 0.182. The molecule has 0 fully saturated rings. The minimum Gasteiger partial charge on any atom is -0.294 e. The van der Waals surface area contributed by atoms with Crippen LogP contribution in [-0.4, -0.2) is 17.3 Å². The Morgan fingerprint density at radius 3 is 1.86 bits per heavy atom. The molecule has 0 aromatic heterocycles. The normalized spacial score (nSPS) is 9.57. The maximum Gasteiger partial charge on any atom is 0.228 e. The van der Waals surface area contributed by atoms with E-state index in [0.717, 1.165) is 0 Å². The van der Waals surface area contributed by atoms with Gasteiger partial charge in [-0.15, -0.1) is 0 Å². The van der Waals surface area contributed by atoms with Crippen molar-refractivity contribution in [3.05, 3.63) is 35.4 Å². The third-order valence-corrected chi connectivity index (χ3v) is 1.87. The van der Waals surface area contributed by atoms with E-state index >= 15 is 0 Å². The lowest BCUT2D eigenvalue weighted by Gasteiger charge is -2.02. The van der Waals surface area contributed by atoms with Gasteiger partial charge in [-0.2, -0.15) is 0 Å². The lowest BCUT2D eigenvalue weighted by Crippen LogP contribution is -2.13. The highest BCUT2D eigenvalue weighted by Gasteiger charge is 2.16. The Labute approximate surface area is 81.7 Å². The Morgan fingerprint density at radius 2 is 1.43 bits per heavy atom. The van der Waals surface area contributed by atoms with Gasteiger partial charge in [0.25, 0.3) is 0 Å². The van der Waals surface area contributed by atoms with E-state index in [2.05, 4.69) is 0 Å². The van der Waals surface area contributed by atoms with Gasteiger partial charge in [0.15, 0.2) is 11.6 Å². The summed E-state index contributed by atoms with van der Waals surface area (Å²) in [6, 6.07) is 6.31. The van der Waals surface area contributed by atoms with E-state index < -0.39 is 11.6 Å². The van der Waals surface area contributed by atoms with Gasteiger partial charge in [0.1, 0.15) is 0 Å². The molecule has 1 aromatic carbocycles. The summed E-state index contributed by atoms with van der Waals surface area (Å²) in [7, 11) is 0. The number of ketones is 3. The molecule has 72 valence electrons. The standard InChI is InChI=1S/C11H10O3/c1-7(12)9-5-3-4-6-10(9)11(14)8(2)13/h3-6H,1-2H3. The summed E-state index contributed by atoms with van der Waals surface area (Å²) in [5.74, 6) is -1.38. The van der Waals surface area contributed by atoms with E-state index in [4.69, 9.17) is 0 Å². The lowest BCUT2D eigenvalue weighted by molar-refractivity contribution is -0.113. The van der Waals surface area contributed by atoms with Crippen molar-refractivity contribution in [3.63, 3.8) is 0 Å². The topological polar surface area (TPSA) is 51.2 Å². The lowest BCUT2D eigenvalue weighted by atomic mass is 9.99. The van der Waals surface area contributed by atoms with Crippen molar-refractivity contribution in [2.45, 2.75) is 13.8 Å². The first kappa shape index (κ1) is 10.3. The molecule has 1 aromatic rings. The van der Waals surface area contributed by atoms with E-state index in [-0.39, 0.29) is 11.3 Å². The fourth-order valence-corrected chi connectivity index (χ4v) is 1.18. The van der Waals surface area contributed by atoms with Crippen LogP contribution in [0.4, 0.5) is 0 Å². The molecule has 0 aliphatic carbocycles. The van der Waals surface area contributed by atoms with Crippen LogP contribution < -0.4 is 0 Å². The van der Waals surface area contributed by atoms with Crippen LogP contribution in [0, 0.1) is 0 Å². The Bertz CT molecular complexity index is 405. The van der Waals surface area contributed by atoms with Crippen LogP contribution in [0.3, 0.4) is 0 Å². The number of hydrogen-bond acceptors (Lipinski definition) is 3. The third kappa shape index (κ3) is 1.93. The zero-order chi connectivity index (χ0) is 10.7. The maximum absolute atomic E-state index is 11.4. The molecule has 0 atom stereocenters. The molecule has 0 N–H and O–H groups in total. The summed E-state index contributed by atoms with van der Waals surface area (Å²) in [5.41, 5.74) is 0.486. The average Bonchev–Trinajstić information content (AvgIpc) is 2.16. The number of carbonyl (C=O) groups excluding carboxylic acids is 3. The van der Waals surface area contributed by atoms with Gasteiger partial charge in [0.05, 0.1) is 0 Å². The average molecular weight is 190 g/mol. The minimum atomic E-state index is -0.615. The van der Waals surface area contributed by atoms with Crippen molar-refractivity contribution >= 4 is 17.3 Å².